The lowest BCUT2D eigenvalue weighted by Crippen LogP contribution is -2.14. The first-order valence-electron chi connectivity index (χ1n) is 8.18. The van der Waals surface area contributed by atoms with Crippen LogP contribution in [0, 0.1) is 0 Å². The highest BCUT2D eigenvalue weighted by molar-refractivity contribution is 7.92. The number of methoxy groups -OCH3 is 1. The van der Waals surface area contributed by atoms with Gasteiger partial charge in [0.1, 0.15) is 11.5 Å². The van der Waals surface area contributed by atoms with Crippen LogP contribution in [0.15, 0.2) is 47.4 Å². The number of sulfonamides is 1. The van der Waals surface area contributed by atoms with Crippen molar-refractivity contribution < 1.29 is 31.1 Å². The van der Waals surface area contributed by atoms with Gasteiger partial charge < -0.3 is 9.47 Å². The zero-order valence-corrected chi connectivity index (χ0v) is 15.7. The van der Waals surface area contributed by atoms with E-state index in [-0.39, 0.29) is 16.3 Å². The minimum atomic E-state index is -4.68. The molecule has 27 heavy (non-hydrogen) atoms. The third-order valence-corrected chi connectivity index (χ3v) is 5.05. The Balaban J connectivity index is 2.21. The summed E-state index contributed by atoms with van der Waals surface area (Å²) >= 11 is 0. The van der Waals surface area contributed by atoms with Gasteiger partial charge in [-0.2, -0.15) is 13.2 Å². The number of anilines is 1. The maximum absolute atomic E-state index is 13.1. The molecular formula is C18H20F3NO4S. The average Bonchev–Trinajstić information content (AvgIpc) is 2.61. The molecule has 0 saturated carbocycles. The normalized spacial score (nSPS) is 11.9. The van der Waals surface area contributed by atoms with Crippen molar-refractivity contribution in [2.45, 2.75) is 30.8 Å². The highest BCUT2D eigenvalue weighted by Crippen LogP contribution is 2.38. The molecule has 1 N–H and O–H groups in total. The van der Waals surface area contributed by atoms with Gasteiger partial charge in [-0.15, -0.1) is 0 Å². The van der Waals surface area contributed by atoms with Crippen molar-refractivity contribution in [3.05, 3.63) is 48.0 Å². The van der Waals surface area contributed by atoms with Crippen LogP contribution in [0.1, 0.15) is 25.3 Å². The topological polar surface area (TPSA) is 64.6 Å². The van der Waals surface area contributed by atoms with Crippen LogP contribution in [0.3, 0.4) is 0 Å². The van der Waals surface area contributed by atoms with Crippen molar-refractivity contribution in [3.63, 3.8) is 0 Å². The first-order chi connectivity index (χ1) is 12.7. The molecule has 0 aliphatic carbocycles. The third-order valence-electron chi connectivity index (χ3n) is 3.66. The van der Waals surface area contributed by atoms with Crippen molar-refractivity contribution in [2.24, 2.45) is 0 Å². The summed E-state index contributed by atoms with van der Waals surface area (Å²) in [7, 11) is -2.94. The van der Waals surface area contributed by atoms with E-state index in [2.05, 4.69) is 9.46 Å². The van der Waals surface area contributed by atoms with E-state index in [1.165, 1.54) is 30.3 Å². The molecule has 2 aromatic carbocycles. The van der Waals surface area contributed by atoms with Gasteiger partial charge >= 0.3 is 6.18 Å². The monoisotopic (exact) mass is 403 g/mol. The number of hydrogen-bond donors (Lipinski definition) is 1. The van der Waals surface area contributed by atoms with Crippen LogP contribution in [0.25, 0.3) is 0 Å². The molecule has 148 valence electrons. The minimum Gasteiger partial charge on any atom is -0.496 e. The molecule has 0 saturated heterocycles. The number of ether oxygens (including phenoxy) is 2. The fourth-order valence-corrected chi connectivity index (χ4v) is 3.31. The summed E-state index contributed by atoms with van der Waals surface area (Å²) in [6.07, 6.45) is -2.83. The van der Waals surface area contributed by atoms with Crippen LogP contribution < -0.4 is 14.2 Å². The Kier molecular flexibility index (Phi) is 6.59. The van der Waals surface area contributed by atoms with Gasteiger partial charge in [0.15, 0.2) is 0 Å². The predicted octanol–water partition coefficient (Wildman–Crippen LogP) is 4.69. The van der Waals surface area contributed by atoms with Crippen LogP contribution in [0.5, 0.6) is 11.5 Å². The lowest BCUT2D eigenvalue weighted by Gasteiger charge is -2.15. The molecule has 0 bridgehead atoms. The number of hydrogen-bond acceptors (Lipinski definition) is 4. The Hall–Kier alpha value is -2.42. The molecule has 9 heteroatoms. The summed E-state index contributed by atoms with van der Waals surface area (Å²) in [6, 6.07) is 8.62. The number of unbranched alkanes of at least 4 members (excludes halogenated alkanes) is 1. The van der Waals surface area contributed by atoms with E-state index in [0.717, 1.165) is 26.0 Å². The summed E-state index contributed by atoms with van der Waals surface area (Å²) in [5.41, 5.74) is -1.28. The minimum absolute atomic E-state index is 0.0882. The van der Waals surface area contributed by atoms with Crippen molar-refractivity contribution >= 4 is 15.7 Å². The quantitative estimate of drug-likeness (QED) is 0.650. The highest BCUT2D eigenvalue weighted by atomic mass is 32.2. The van der Waals surface area contributed by atoms with Gasteiger partial charge in [-0.25, -0.2) is 8.42 Å². The molecular weight excluding hydrogens is 383 g/mol. The molecule has 0 spiro atoms. The molecule has 0 atom stereocenters. The second-order valence-electron chi connectivity index (χ2n) is 5.69. The molecule has 0 aromatic heterocycles. The van der Waals surface area contributed by atoms with E-state index in [1.54, 1.807) is 0 Å². The molecule has 0 heterocycles. The lowest BCUT2D eigenvalue weighted by atomic mass is 10.1. The van der Waals surface area contributed by atoms with Gasteiger partial charge in [0, 0.05) is 5.69 Å². The van der Waals surface area contributed by atoms with E-state index in [1.807, 2.05) is 6.92 Å². The number of nitrogens with one attached hydrogen (secondary N) is 1. The van der Waals surface area contributed by atoms with Gasteiger partial charge in [-0.1, -0.05) is 13.3 Å². The van der Waals surface area contributed by atoms with Gasteiger partial charge in [-0.05, 0) is 48.9 Å². The molecule has 2 aromatic rings. The molecule has 0 amide bonds. The molecule has 2 rings (SSSR count). The molecule has 0 fully saturated rings. The number of halogens is 3. The average molecular weight is 403 g/mol. The summed E-state index contributed by atoms with van der Waals surface area (Å²) in [5.74, 6) is 0.130. The number of alkyl halides is 3. The Morgan fingerprint density at radius 3 is 2.30 bits per heavy atom. The maximum atomic E-state index is 13.1. The zero-order chi connectivity index (χ0) is 20.1. The summed E-state index contributed by atoms with van der Waals surface area (Å²) in [5, 5.41) is 0. The van der Waals surface area contributed by atoms with E-state index in [9.17, 15) is 21.6 Å². The Morgan fingerprint density at radius 1 is 1.07 bits per heavy atom. The van der Waals surface area contributed by atoms with Gasteiger partial charge in [0.2, 0.25) is 0 Å². The third kappa shape index (κ3) is 5.53. The SMILES string of the molecule is CCCCOc1ccc(S(=O)(=O)Nc2ccc(OC)c(C(F)(F)F)c2)cc1. The van der Waals surface area contributed by atoms with Crippen molar-refractivity contribution in [1.29, 1.82) is 0 Å². The number of rotatable bonds is 8. The molecule has 0 aliphatic heterocycles. The highest BCUT2D eigenvalue weighted by Gasteiger charge is 2.34. The smallest absolute Gasteiger partial charge is 0.420 e. The fraction of sp³-hybridized carbons (Fsp3) is 0.333. The molecule has 5 nitrogen and oxygen atoms in total. The summed E-state index contributed by atoms with van der Waals surface area (Å²) in [4.78, 5) is -0.0882. The van der Waals surface area contributed by atoms with Crippen LogP contribution in [0.2, 0.25) is 0 Å². The van der Waals surface area contributed by atoms with Crippen LogP contribution >= 0.6 is 0 Å². The standard InChI is InChI=1S/C18H20F3NO4S/c1-3-4-11-26-14-6-8-15(9-7-14)27(23,24)22-13-5-10-17(25-2)16(12-13)18(19,20)21/h5-10,12,22H,3-4,11H2,1-2H3. The first kappa shape index (κ1) is 20.9. The molecule has 0 aliphatic rings. The lowest BCUT2D eigenvalue weighted by molar-refractivity contribution is -0.138. The van der Waals surface area contributed by atoms with Gasteiger partial charge in [0.05, 0.1) is 24.2 Å². The summed E-state index contributed by atoms with van der Waals surface area (Å²) < 4.78 is 76.4. The van der Waals surface area contributed by atoms with Gasteiger partial charge in [0.25, 0.3) is 10.0 Å². The second-order valence-corrected chi connectivity index (χ2v) is 7.37. The zero-order valence-electron chi connectivity index (χ0n) is 14.8. The van der Waals surface area contributed by atoms with E-state index in [0.29, 0.717) is 18.4 Å². The molecule has 0 unspecified atom stereocenters. The Morgan fingerprint density at radius 2 is 1.74 bits per heavy atom. The summed E-state index contributed by atoms with van der Waals surface area (Å²) in [6.45, 7) is 2.54. The maximum Gasteiger partial charge on any atom is 0.420 e. The molecule has 0 radical (unpaired) electrons. The Labute approximate surface area is 156 Å². The van der Waals surface area contributed by atoms with E-state index < -0.39 is 21.8 Å². The van der Waals surface area contributed by atoms with Crippen LogP contribution in [0.4, 0.5) is 18.9 Å². The largest absolute Gasteiger partial charge is 0.496 e. The van der Waals surface area contributed by atoms with Crippen molar-refractivity contribution in [3.8, 4) is 11.5 Å². The number of benzene rings is 2. The van der Waals surface area contributed by atoms with Gasteiger partial charge in [-0.3, -0.25) is 4.72 Å². The fourth-order valence-electron chi connectivity index (χ4n) is 2.26. The van der Waals surface area contributed by atoms with Crippen LogP contribution in [-0.2, 0) is 16.2 Å². The van der Waals surface area contributed by atoms with Crippen molar-refractivity contribution in [1.82, 2.24) is 0 Å². The Bertz CT molecular complexity index is 865. The van der Waals surface area contributed by atoms with E-state index >= 15 is 0 Å². The van der Waals surface area contributed by atoms with Crippen LogP contribution in [-0.4, -0.2) is 22.1 Å². The first-order valence-corrected chi connectivity index (χ1v) is 9.66. The van der Waals surface area contributed by atoms with Crippen molar-refractivity contribution in [2.75, 3.05) is 18.4 Å². The van der Waals surface area contributed by atoms with E-state index in [4.69, 9.17) is 4.74 Å². The predicted molar refractivity (Wildman–Crippen MR) is 95.6 cm³/mol. The second kappa shape index (κ2) is 8.51.